The van der Waals surface area contributed by atoms with Crippen LogP contribution >= 0.6 is 0 Å². The maximum atomic E-state index is 12.5. The molecule has 1 aromatic rings. The molecule has 1 aromatic heterocycles. The van der Waals surface area contributed by atoms with Gasteiger partial charge in [-0.2, -0.15) is 13.2 Å². The summed E-state index contributed by atoms with van der Waals surface area (Å²) in [6, 6.07) is 2.54. The number of aromatic nitrogens is 1. The summed E-state index contributed by atoms with van der Waals surface area (Å²) < 4.78 is 49.1. The number of ether oxygens (including phenoxy) is 2. The minimum absolute atomic E-state index is 0.0664. The lowest BCUT2D eigenvalue weighted by atomic mass is 10.1. The van der Waals surface area contributed by atoms with Gasteiger partial charge in [0, 0.05) is 38.9 Å². The largest absolute Gasteiger partial charge is 0.433 e. The molecular formula is C17H23F3N2O2. The predicted molar refractivity (Wildman–Crippen MR) is 82.7 cm³/mol. The summed E-state index contributed by atoms with van der Waals surface area (Å²) in [4.78, 5) is 5.89. The van der Waals surface area contributed by atoms with Crippen molar-refractivity contribution in [3.05, 3.63) is 29.6 Å². The first kappa shape index (κ1) is 17.6. The highest BCUT2D eigenvalue weighted by Crippen LogP contribution is 2.28. The first-order valence-electron chi connectivity index (χ1n) is 8.48. The molecule has 0 unspecified atom stereocenters. The third-order valence-corrected chi connectivity index (χ3v) is 4.55. The van der Waals surface area contributed by atoms with Crippen LogP contribution in [0.1, 0.15) is 30.5 Å². The van der Waals surface area contributed by atoms with E-state index in [1.165, 1.54) is 12.3 Å². The Kier molecular flexibility index (Phi) is 5.73. The summed E-state index contributed by atoms with van der Waals surface area (Å²) in [5, 5.41) is 0. The van der Waals surface area contributed by atoms with Gasteiger partial charge in [-0.1, -0.05) is 6.07 Å². The van der Waals surface area contributed by atoms with Crippen molar-refractivity contribution in [2.75, 3.05) is 32.8 Å². The van der Waals surface area contributed by atoms with Crippen molar-refractivity contribution in [1.82, 2.24) is 9.88 Å². The summed E-state index contributed by atoms with van der Waals surface area (Å²) in [6.07, 6.45) is 0.799. The van der Waals surface area contributed by atoms with E-state index in [0.29, 0.717) is 6.42 Å². The van der Waals surface area contributed by atoms with Gasteiger partial charge in [-0.05, 0) is 30.9 Å². The Labute approximate surface area is 140 Å². The fourth-order valence-electron chi connectivity index (χ4n) is 3.31. The van der Waals surface area contributed by atoms with Crippen molar-refractivity contribution >= 4 is 0 Å². The zero-order chi connectivity index (χ0) is 17.0. The monoisotopic (exact) mass is 344 g/mol. The van der Waals surface area contributed by atoms with Gasteiger partial charge in [-0.25, -0.2) is 0 Å². The number of hydrogen-bond acceptors (Lipinski definition) is 4. The Morgan fingerprint density at radius 2 is 1.96 bits per heavy atom. The fourth-order valence-corrected chi connectivity index (χ4v) is 3.31. The third kappa shape index (κ3) is 4.91. The summed E-state index contributed by atoms with van der Waals surface area (Å²) >= 11 is 0. The molecule has 0 saturated carbocycles. The highest BCUT2D eigenvalue weighted by atomic mass is 19.4. The summed E-state index contributed by atoms with van der Waals surface area (Å²) in [5.41, 5.74) is -0.0586. The van der Waals surface area contributed by atoms with Crippen LogP contribution in [0.3, 0.4) is 0 Å². The number of pyridine rings is 1. The van der Waals surface area contributed by atoms with Gasteiger partial charge < -0.3 is 9.47 Å². The zero-order valence-electron chi connectivity index (χ0n) is 13.6. The van der Waals surface area contributed by atoms with E-state index in [1.54, 1.807) is 0 Å². The number of hydrogen-bond donors (Lipinski definition) is 0. The molecular weight excluding hydrogens is 321 g/mol. The first-order chi connectivity index (χ1) is 11.5. The number of rotatable bonds is 4. The molecule has 3 heterocycles. The molecule has 0 amide bonds. The number of nitrogens with zero attached hydrogens (tertiary/aromatic N) is 2. The van der Waals surface area contributed by atoms with Crippen LogP contribution in [0, 0.1) is 0 Å². The van der Waals surface area contributed by atoms with Gasteiger partial charge >= 0.3 is 6.18 Å². The molecule has 2 fully saturated rings. The van der Waals surface area contributed by atoms with Gasteiger partial charge in [0.25, 0.3) is 0 Å². The minimum Gasteiger partial charge on any atom is -0.380 e. The quantitative estimate of drug-likeness (QED) is 0.841. The second kappa shape index (κ2) is 7.80. The lowest BCUT2D eigenvalue weighted by Crippen LogP contribution is -2.34. The molecule has 2 atom stereocenters. The van der Waals surface area contributed by atoms with E-state index >= 15 is 0 Å². The van der Waals surface area contributed by atoms with Gasteiger partial charge in [-0.3, -0.25) is 9.88 Å². The molecule has 0 bridgehead atoms. The Balaban J connectivity index is 1.47. The molecule has 2 saturated heterocycles. The summed E-state index contributed by atoms with van der Waals surface area (Å²) in [7, 11) is 0. The summed E-state index contributed by atoms with van der Waals surface area (Å²) in [5.74, 6) is 0. The molecule has 134 valence electrons. The van der Waals surface area contributed by atoms with Crippen LogP contribution in [0.5, 0.6) is 0 Å². The Hall–Kier alpha value is -1.18. The minimum atomic E-state index is -4.38. The normalized spacial score (nSPS) is 26.5. The predicted octanol–water partition coefficient (Wildman–Crippen LogP) is 2.91. The molecule has 0 N–H and O–H groups in total. The molecule has 3 rings (SSSR count). The Morgan fingerprint density at radius 3 is 2.71 bits per heavy atom. The van der Waals surface area contributed by atoms with Crippen LogP contribution in [0.4, 0.5) is 13.2 Å². The van der Waals surface area contributed by atoms with Crippen molar-refractivity contribution in [3.8, 4) is 0 Å². The van der Waals surface area contributed by atoms with Gasteiger partial charge in [0.05, 0.1) is 18.8 Å². The van der Waals surface area contributed by atoms with Gasteiger partial charge in [0.2, 0.25) is 0 Å². The number of alkyl halides is 3. The lowest BCUT2D eigenvalue weighted by molar-refractivity contribution is -0.141. The van der Waals surface area contributed by atoms with Gasteiger partial charge in [0.15, 0.2) is 0 Å². The molecule has 7 heteroatoms. The van der Waals surface area contributed by atoms with E-state index in [-0.39, 0.29) is 12.2 Å². The van der Waals surface area contributed by atoms with Gasteiger partial charge in [-0.15, -0.1) is 0 Å². The molecule has 0 spiro atoms. The van der Waals surface area contributed by atoms with Gasteiger partial charge in [0.1, 0.15) is 5.69 Å². The SMILES string of the molecule is FC(F)(F)c1ccc(C[C@@H]2CC[C@H](CN3CCCOCC3)O2)cn1. The topological polar surface area (TPSA) is 34.6 Å². The molecule has 0 aromatic carbocycles. The molecule has 0 aliphatic carbocycles. The average molecular weight is 344 g/mol. The standard InChI is InChI=1S/C17H23F3N2O2/c18-17(19,20)16-5-2-13(11-21-16)10-14-3-4-15(24-14)12-22-6-1-8-23-9-7-22/h2,5,11,14-15H,1,3-4,6-10,12H2/t14-,15+/m0/s1. The van der Waals surface area contributed by atoms with E-state index in [2.05, 4.69) is 9.88 Å². The zero-order valence-corrected chi connectivity index (χ0v) is 13.6. The molecule has 24 heavy (non-hydrogen) atoms. The molecule has 0 radical (unpaired) electrons. The van der Waals surface area contributed by atoms with Crippen molar-refractivity contribution < 1.29 is 22.6 Å². The summed E-state index contributed by atoms with van der Waals surface area (Å²) in [6.45, 7) is 4.48. The van der Waals surface area contributed by atoms with E-state index in [1.807, 2.05) is 0 Å². The van der Waals surface area contributed by atoms with Crippen molar-refractivity contribution in [3.63, 3.8) is 0 Å². The van der Waals surface area contributed by atoms with Crippen LogP contribution in [0.2, 0.25) is 0 Å². The van der Waals surface area contributed by atoms with E-state index in [4.69, 9.17) is 9.47 Å². The molecule has 4 nitrogen and oxygen atoms in total. The van der Waals surface area contributed by atoms with Crippen LogP contribution in [-0.2, 0) is 22.1 Å². The van der Waals surface area contributed by atoms with E-state index < -0.39 is 11.9 Å². The maximum Gasteiger partial charge on any atom is 0.433 e. The highest BCUT2D eigenvalue weighted by Gasteiger charge is 2.32. The van der Waals surface area contributed by atoms with Crippen molar-refractivity contribution in [1.29, 1.82) is 0 Å². The average Bonchev–Trinajstić information content (AvgIpc) is 2.80. The second-order valence-electron chi connectivity index (χ2n) is 6.48. The smallest absolute Gasteiger partial charge is 0.380 e. The van der Waals surface area contributed by atoms with Crippen LogP contribution in [0.25, 0.3) is 0 Å². The lowest BCUT2D eigenvalue weighted by Gasteiger charge is -2.23. The Morgan fingerprint density at radius 1 is 1.12 bits per heavy atom. The van der Waals surface area contributed by atoms with Crippen molar-refractivity contribution in [2.45, 2.75) is 44.1 Å². The fraction of sp³-hybridized carbons (Fsp3) is 0.706. The molecule has 2 aliphatic rings. The van der Waals surface area contributed by atoms with E-state index in [9.17, 15) is 13.2 Å². The Bertz CT molecular complexity index is 514. The van der Waals surface area contributed by atoms with Crippen LogP contribution in [0.15, 0.2) is 18.3 Å². The number of halogens is 3. The third-order valence-electron chi connectivity index (χ3n) is 4.55. The first-order valence-corrected chi connectivity index (χ1v) is 8.48. The molecule has 2 aliphatic heterocycles. The van der Waals surface area contributed by atoms with Crippen LogP contribution < -0.4 is 0 Å². The highest BCUT2D eigenvalue weighted by molar-refractivity contribution is 5.17. The maximum absolute atomic E-state index is 12.5. The second-order valence-corrected chi connectivity index (χ2v) is 6.48. The van der Waals surface area contributed by atoms with Crippen LogP contribution in [-0.4, -0.2) is 54.9 Å². The van der Waals surface area contributed by atoms with Crippen molar-refractivity contribution in [2.24, 2.45) is 0 Å². The van der Waals surface area contributed by atoms with E-state index in [0.717, 1.165) is 63.7 Å².